The summed E-state index contributed by atoms with van der Waals surface area (Å²) in [6.45, 7) is 8.73. The number of hydrogen-bond donors (Lipinski definition) is 0. The van der Waals surface area contributed by atoms with Crippen molar-refractivity contribution in [3.05, 3.63) is 52.1 Å². The highest BCUT2D eigenvalue weighted by Gasteiger charge is 2.16. The zero-order valence-corrected chi connectivity index (χ0v) is 13.3. The molecule has 0 aromatic carbocycles. The predicted octanol–water partition coefficient (Wildman–Crippen LogP) is 3.50. The standard InChI is InChI=1S/C16H20N2O2S/c1-4-9-18(11-14-6-5-10-21-14)16(19)8-7-15-12(2)17-20-13(15)3/h4-6,10H,1,7-9,11H2,2-3H3. The van der Waals surface area contributed by atoms with Crippen molar-refractivity contribution in [1.82, 2.24) is 10.1 Å². The van der Waals surface area contributed by atoms with Crippen molar-refractivity contribution in [3.8, 4) is 0 Å². The van der Waals surface area contributed by atoms with Crippen molar-refractivity contribution in [2.45, 2.75) is 33.2 Å². The van der Waals surface area contributed by atoms with Crippen LogP contribution in [0.1, 0.15) is 28.3 Å². The van der Waals surface area contributed by atoms with Gasteiger partial charge < -0.3 is 9.42 Å². The highest BCUT2D eigenvalue weighted by Crippen LogP contribution is 2.17. The molecule has 0 saturated heterocycles. The molecule has 112 valence electrons. The van der Waals surface area contributed by atoms with Gasteiger partial charge in [-0.3, -0.25) is 4.79 Å². The SMILES string of the molecule is C=CCN(Cc1cccs1)C(=O)CCc1c(C)noc1C. The molecule has 0 bridgehead atoms. The van der Waals surface area contributed by atoms with E-state index in [0.717, 1.165) is 17.0 Å². The molecule has 2 heterocycles. The quantitative estimate of drug-likeness (QED) is 0.735. The van der Waals surface area contributed by atoms with E-state index in [0.29, 0.717) is 25.9 Å². The summed E-state index contributed by atoms with van der Waals surface area (Å²) in [7, 11) is 0. The van der Waals surface area contributed by atoms with E-state index in [1.165, 1.54) is 4.88 Å². The van der Waals surface area contributed by atoms with Crippen LogP contribution < -0.4 is 0 Å². The van der Waals surface area contributed by atoms with Crippen LogP contribution in [-0.2, 0) is 17.8 Å². The summed E-state index contributed by atoms with van der Waals surface area (Å²) in [4.78, 5) is 15.4. The van der Waals surface area contributed by atoms with E-state index >= 15 is 0 Å². The smallest absolute Gasteiger partial charge is 0.223 e. The molecule has 1 amide bonds. The van der Waals surface area contributed by atoms with E-state index in [4.69, 9.17) is 4.52 Å². The Kier molecular flexibility index (Phi) is 5.33. The number of amides is 1. The molecule has 0 aliphatic rings. The van der Waals surface area contributed by atoms with Gasteiger partial charge in [0.05, 0.1) is 12.2 Å². The van der Waals surface area contributed by atoms with Crippen LogP contribution in [0.25, 0.3) is 0 Å². The number of aromatic nitrogens is 1. The number of aryl methyl sites for hydroxylation is 2. The summed E-state index contributed by atoms with van der Waals surface area (Å²) in [5.41, 5.74) is 1.91. The molecule has 5 heteroatoms. The van der Waals surface area contributed by atoms with Gasteiger partial charge in [-0.2, -0.15) is 0 Å². The maximum Gasteiger partial charge on any atom is 0.223 e. The summed E-state index contributed by atoms with van der Waals surface area (Å²) in [6.07, 6.45) is 2.89. The number of hydrogen-bond acceptors (Lipinski definition) is 4. The molecule has 2 aromatic rings. The summed E-state index contributed by atoms with van der Waals surface area (Å²) in [5.74, 6) is 0.928. The van der Waals surface area contributed by atoms with Crippen molar-refractivity contribution in [2.24, 2.45) is 0 Å². The van der Waals surface area contributed by atoms with Crippen LogP contribution in [0.4, 0.5) is 0 Å². The second kappa shape index (κ2) is 7.22. The Labute approximate surface area is 129 Å². The Balaban J connectivity index is 1.97. The third kappa shape index (κ3) is 4.04. The van der Waals surface area contributed by atoms with Crippen LogP contribution in [0.3, 0.4) is 0 Å². The van der Waals surface area contributed by atoms with Crippen LogP contribution in [0.5, 0.6) is 0 Å². The van der Waals surface area contributed by atoms with Gasteiger partial charge in [0.15, 0.2) is 0 Å². The molecular formula is C16H20N2O2S. The van der Waals surface area contributed by atoms with Crippen LogP contribution in [-0.4, -0.2) is 22.5 Å². The lowest BCUT2D eigenvalue weighted by Crippen LogP contribution is -2.30. The van der Waals surface area contributed by atoms with E-state index in [-0.39, 0.29) is 5.91 Å². The van der Waals surface area contributed by atoms with E-state index in [1.807, 2.05) is 36.3 Å². The maximum absolute atomic E-state index is 12.4. The Hall–Kier alpha value is -1.88. The van der Waals surface area contributed by atoms with Crippen molar-refractivity contribution in [2.75, 3.05) is 6.54 Å². The molecule has 0 fully saturated rings. The van der Waals surface area contributed by atoms with E-state index < -0.39 is 0 Å². The monoisotopic (exact) mass is 304 g/mol. The maximum atomic E-state index is 12.4. The van der Waals surface area contributed by atoms with Gasteiger partial charge in [0.2, 0.25) is 5.91 Å². The largest absolute Gasteiger partial charge is 0.361 e. The van der Waals surface area contributed by atoms with Gasteiger partial charge in [-0.1, -0.05) is 17.3 Å². The number of nitrogens with zero attached hydrogens (tertiary/aromatic N) is 2. The molecule has 4 nitrogen and oxygen atoms in total. The summed E-state index contributed by atoms with van der Waals surface area (Å²) < 4.78 is 5.13. The normalized spacial score (nSPS) is 10.6. The lowest BCUT2D eigenvalue weighted by atomic mass is 10.1. The second-order valence-corrected chi connectivity index (χ2v) is 5.98. The number of rotatable bonds is 7. The van der Waals surface area contributed by atoms with Crippen LogP contribution in [0.15, 0.2) is 34.7 Å². The predicted molar refractivity (Wildman–Crippen MR) is 84.2 cm³/mol. The molecule has 0 spiro atoms. The molecule has 0 radical (unpaired) electrons. The molecule has 0 saturated carbocycles. The second-order valence-electron chi connectivity index (χ2n) is 4.95. The van der Waals surface area contributed by atoms with Crippen LogP contribution in [0, 0.1) is 13.8 Å². The van der Waals surface area contributed by atoms with Gasteiger partial charge in [-0.15, -0.1) is 17.9 Å². The zero-order valence-electron chi connectivity index (χ0n) is 12.5. The molecule has 2 rings (SSSR count). The lowest BCUT2D eigenvalue weighted by molar-refractivity contribution is -0.131. The number of carbonyl (C=O) groups is 1. The van der Waals surface area contributed by atoms with Gasteiger partial charge in [0.1, 0.15) is 5.76 Å². The summed E-state index contributed by atoms with van der Waals surface area (Å²) in [6, 6.07) is 4.04. The molecule has 21 heavy (non-hydrogen) atoms. The highest BCUT2D eigenvalue weighted by atomic mass is 32.1. The first-order chi connectivity index (χ1) is 10.1. The van der Waals surface area contributed by atoms with Crippen LogP contribution in [0.2, 0.25) is 0 Å². The molecule has 0 atom stereocenters. The Bertz CT molecular complexity index is 582. The van der Waals surface area contributed by atoms with Crippen molar-refractivity contribution in [3.63, 3.8) is 0 Å². The van der Waals surface area contributed by atoms with Gasteiger partial charge >= 0.3 is 0 Å². The third-order valence-electron chi connectivity index (χ3n) is 3.40. The number of carbonyl (C=O) groups excluding carboxylic acids is 1. The van der Waals surface area contributed by atoms with E-state index in [1.54, 1.807) is 17.4 Å². The first kappa shape index (κ1) is 15.5. The van der Waals surface area contributed by atoms with E-state index in [2.05, 4.69) is 11.7 Å². The fourth-order valence-electron chi connectivity index (χ4n) is 2.25. The molecular weight excluding hydrogens is 284 g/mol. The molecule has 0 N–H and O–H groups in total. The minimum atomic E-state index is 0.128. The highest BCUT2D eigenvalue weighted by molar-refractivity contribution is 7.09. The van der Waals surface area contributed by atoms with Crippen molar-refractivity contribution in [1.29, 1.82) is 0 Å². The van der Waals surface area contributed by atoms with Gasteiger partial charge in [0.25, 0.3) is 0 Å². The van der Waals surface area contributed by atoms with Crippen molar-refractivity contribution < 1.29 is 9.32 Å². The first-order valence-corrected chi connectivity index (χ1v) is 7.82. The van der Waals surface area contributed by atoms with Crippen LogP contribution >= 0.6 is 11.3 Å². The minimum Gasteiger partial charge on any atom is -0.361 e. The van der Waals surface area contributed by atoms with Gasteiger partial charge in [-0.25, -0.2) is 0 Å². The molecule has 0 aliphatic carbocycles. The average molecular weight is 304 g/mol. The van der Waals surface area contributed by atoms with Gasteiger partial charge in [0, 0.05) is 23.4 Å². The molecule has 2 aromatic heterocycles. The molecule has 0 unspecified atom stereocenters. The third-order valence-corrected chi connectivity index (χ3v) is 4.26. The minimum absolute atomic E-state index is 0.128. The topological polar surface area (TPSA) is 46.3 Å². The van der Waals surface area contributed by atoms with Crippen molar-refractivity contribution >= 4 is 17.2 Å². The fraction of sp³-hybridized carbons (Fsp3) is 0.375. The van der Waals surface area contributed by atoms with Gasteiger partial charge in [-0.05, 0) is 31.7 Å². The van der Waals surface area contributed by atoms with E-state index in [9.17, 15) is 4.79 Å². The fourth-order valence-corrected chi connectivity index (χ4v) is 2.97. The lowest BCUT2D eigenvalue weighted by Gasteiger charge is -2.20. The average Bonchev–Trinajstić information content (AvgIpc) is 3.07. The Morgan fingerprint density at radius 1 is 1.52 bits per heavy atom. The Morgan fingerprint density at radius 2 is 2.33 bits per heavy atom. The Morgan fingerprint density at radius 3 is 2.90 bits per heavy atom. The molecule has 0 aliphatic heterocycles. The first-order valence-electron chi connectivity index (χ1n) is 6.94. The number of thiophene rings is 1. The summed E-state index contributed by atoms with van der Waals surface area (Å²) in [5, 5.41) is 5.95. The zero-order chi connectivity index (χ0) is 15.2. The summed E-state index contributed by atoms with van der Waals surface area (Å²) >= 11 is 1.66.